The molecule has 88 valence electrons. The van der Waals surface area contributed by atoms with Gasteiger partial charge in [-0.25, -0.2) is 5.48 Å². The van der Waals surface area contributed by atoms with E-state index in [0.29, 0.717) is 13.0 Å². The zero-order valence-electron chi connectivity index (χ0n) is 9.60. The second-order valence-corrected chi connectivity index (χ2v) is 3.37. The van der Waals surface area contributed by atoms with Crippen molar-refractivity contribution in [2.24, 2.45) is 0 Å². The van der Waals surface area contributed by atoms with Gasteiger partial charge in [0, 0.05) is 7.11 Å². The Morgan fingerprint density at radius 2 is 2.06 bits per heavy atom. The minimum absolute atomic E-state index is 0.249. The van der Waals surface area contributed by atoms with Gasteiger partial charge in [0.15, 0.2) is 0 Å². The summed E-state index contributed by atoms with van der Waals surface area (Å²) in [6, 6.07) is 9.63. The van der Waals surface area contributed by atoms with Gasteiger partial charge >= 0.3 is 0 Å². The van der Waals surface area contributed by atoms with Crippen LogP contribution >= 0.6 is 0 Å². The first-order valence-corrected chi connectivity index (χ1v) is 5.26. The lowest BCUT2D eigenvalue weighted by Crippen LogP contribution is -2.35. The Bertz CT molecular complexity index is 309. The Morgan fingerprint density at radius 3 is 2.62 bits per heavy atom. The van der Waals surface area contributed by atoms with E-state index in [0.717, 1.165) is 5.56 Å². The predicted molar refractivity (Wildman–Crippen MR) is 60.5 cm³/mol. The summed E-state index contributed by atoms with van der Waals surface area (Å²) in [5.74, 6) is -0.249. The fourth-order valence-electron chi connectivity index (χ4n) is 1.29. The van der Waals surface area contributed by atoms with Crippen LogP contribution in [0.3, 0.4) is 0 Å². The molecule has 16 heavy (non-hydrogen) atoms. The van der Waals surface area contributed by atoms with Crippen LogP contribution < -0.4 is 5.48 Å². The number of nitrogens with one attached hydrogen (secondary N) is 1. The molecule has 1 rings (SSSR count). The van der Waals surface area contributed by atoms with Crippen molar-refractivity contribution in [3.8, 4) is 0 Å². The average molecular weight is 223 g/mol. The average Bonchev–Trinajstić information content (AvgIpc) is 2.32. The lowest BCUT2D eigenvalue weighted by molar-refractivity contribution is -0.145. The molecule has 0 heterocycles. The Balaban J connectivity index is 2.28. The maximum atomic E-state index is 11.4. The van der Waals surface area contributed by atoms with E-state index in [2.05, 4.69) is 5.48 Å². The summed E-state index contributed by atoms with van der Waals surface area (Å²) in [7, 11) is 1.50. The zero-order valence-corrected chi connectivity index (χ0v) is 9.60. The highest BCUT2D eigenvalue weighted by atomic mass is 16.7. The van der Waals surface area contributed by atoms with Gasteiger partial charge in [-0.05, 0) is 12.0 Å². The van der Waals surface area contributed by atoms with Gasteiger partial charge in [-0.15, -0.1) is 0 Å². The number of hydrogen-bond acceptors (Lipinski definition) is 3. The van der Waals surface area contributed by atoms with Crippen molar-refractivity contribution in [3.05, 3.63) is 35.9 Å². The largest absolute Gasteiger partial charge is 0.372 e. The molecule has 0 radical (unpaired) electrons. The molecule has 0 aliphatic carbocycles. The number of carbonyl (C=O) groups is 1. The monoisotopic (exact) mass is 223 g/mol. The molecule has 0 aromatic heterocycles. The Hall–Kier alpha value is -1.39. The molecular formula is C12H17NO3. The van der Waals surface area contributed by atoms with E-state index in [1.54, 1.807) is 0 Å². The van der Waals surface area contributed by atoms with Gasteiger partial charge in [-0.1, -0.05) is 37.3 Å². The summed E-state index contributed by atoms with van der Waals surface area (Å²) in [4.78, 5) is 16.5. The predicted octanol–water partition coefficient (Wildman–Crippen LogP) is 1.66. The maximum Gasteiger partial charge on any atom is 0.272 e. The van der Waals surface area contributed by atoms with Crippen molar-refractivity contribution in [1.29, 1.82) is 0 Å². The highest BCUT2D eigenvalue weighted by Crippen LogP contribution is 2.00. The van der Waals surface area contributed by atoms with Crippen LogP contribution in [-0.2, 0) is 21.0 Å². The highest BCUT2D eigenvalue weighted by Gasteiger charge is 2.14. The molecule has 0 fully saturated rings. The topological polar surface area (TPSA) is 47.6 Å². The third-order valence-electron chi connectivity index (χ3n) is 2.20. The van der Waals surface area contributed by atoms with E-state index in [4.69, 9.17) is 9.57 Å². The number of benzene rings is 1. The molecule has 1 atom stereocenters. The highest BCUT2D eigenvalue weighted by molar-refractivity contribution is 5.79. The molecule has 1 aromatic rings. The minimum atomic E-state index is -0.448. The van der Waals surface area contributed by atoms with Crippen LogP contribution in [0.2, 0.25) is 0 Å². The van der Waals surface area contributed by atoms with E-state index in [-0.39, 0.29) is 5.91 Å². The second-order valence-electron chi connectivity index (χ2n) is 3.37. The normalized spacial score (nSPS) is 12.1. The molecule has 1 aromatic carbocycles. The second kappa shape index (κ2) is 6.98. The number of ether oxygens (including phenoxy) is 1. The maximum absolute atomic E-state index is 11.4. The molecule has 4 nitrogen and oxygen atoms in total. The molecule has 0 unspecified atom stereocenters. The first kappa shape index (κ1) is 12.7. The molecule has 1 N–H and O–H groups in total. The fourth-order valence-corrected chi connectivity index (χ4v) is 1.29. The summed E-state index contributed by atoms with van der Waals surface area (Å²) in [6.45, 7) is 2.23. The summed E-state index contributed by atoms with van der Waals surface area (Å²) in [5, 5.41) is 0. The summed E-state index contributed by atoms with van der Waals surface area (Å²) in [6.07, 6.45) is 0.174. The summed E-state index contributed by atoms with van der Waals surface area (Å²) >= 11 is 0. The number of methoxy groups -OCH3 is 1. The van der Waals surface area contributed by atoms with E-state index in [9.17, 15) is 4.79 Å². The smallest absolute Gasteiger partial charge is 0.272 e. The summed E-state index contributed by atoms with van der Waals surface area (Å²) in [5.41, 5.74) is 3.38. The van der Waals surface area contributed by atoms with E-state index in [1.807, 2.05) is 37.3 Å². The number of rotatable bonds is 6. The van der Waals surface area contributed by atoms with Crippen LogP contribution in [0.1, 0.15) is 18.9 Å². The van der Waals surface area contributed by atoms with E-state index < -0.39 is 6.10 Å². The van der Waals surface area contributed by atoms with Crippen molar-refractivity contribution in [2.75, 3.05) is 7.11 Å². The molecule has 4 heteroatoms. The van der Waals surface area contributed by atoms with Crippen molar-refractivity contribution in [2.45, 2.75) is 26.1 Å². The van der Waals surface area contributed by atoms with E-state index >= 15 is 0 Å². The third kappa shape index (κ3) is 4.00. The Morgan fingerprint density at radius 1 is 1.38 bits per heavy atom. The molecule has 0 saturated carbocycles. The minimum Gasteiger partial charge on any atom is -0.372 e. The van der Waals surface area contributed by atoms with Crippen LogP contribution in [0.15, 0.2) is 30.3 Å². The molecule has 1 amide bonds. The number of amides is 1. The fraction of sp³-hybridized carbons (Fsp3) is 0.417. The lowest BCUT2D eigenvalue weighted by Gasteiger charge is -2.12. The Labute approximate surface area is 95.5 Å². The number of hydrogen-bond donors (Lipinski definition) is 1. The van der Waals surface area contributed by atoms with Crippen LogP contribution in [0.25, 0.3) is 0 Å². The van der Waals surface area contributed by atoms with Gasteiger partial charge in [0.05, 0.1) is 6.61 Å². The van der Waals surface area contributed by atoms with Crippen molar-refractivity contribution in [3.63, 3.8) is 0 Å². The van der Waals surface area contributed by atoms with Gasteiger partial charge in [-0.3, -0.25) is 9.63 Å². The molecule has 0 aliphatic heterocycles. The molecule has 0 saturated heterocycles. The van der Waals surface area contributed by atoms with Crippen LogP contribution in [0.5, 0.6) is 0 Å². The van der Waals surface area contributed by atoms with Gasteiger partial charge < -0.3 is 4.74 Å². The van der Waals surface area contributed by atoms with Gasteiger partial charge in [0.2, 0.25) is 0 Å². The standard InChI is InChI=1S/C12H17NO3/c1-3-11(15-2)12(14)13-16-9-10-7-5-4-6-8-10/h4-8,11H,3,9H2,1-2H3,(H,13,14)/t11-/m0/s1. The third-order valence-corrected chi connectivity index (χ3v) is 2.20. The van der Waals surface area contributed by atoms with Crippen LogP contribution in [-0.4, -0.2) is 19.1 Å². The molecule has 0 bridgehead atoms. The molecule has 0 spiro atoms. The lowest BCUT2D eigenvalue weighted by atomic mass is 10.2. The molecule has 0 aliphatic rings. The van der Waals surface area contributed by atoms with Crippen LogP contribution in [0, 0.1) is 0 Å². The van der Waals surface area contributed by atoms with Crippen molar-refractivity contribution in [1.82, 2.24) is 5.48 Å². The van der Waals surface area contributed by atoms with Gasteiger partial charge in [0.25, 0.3) is 5.91 Å². The first-order chi connectivity index (χ1) is 7.77. The van der Waals surface area contributed by atoms with Gasteiger partial charge in [0.1, 0.15) is 6.10 Å². The summed E-state index contributed by atoms with van der Waals surface area (Å²) < 4.78 is 4.97. The van der Waals surface area contributed by atoms with E-state index in [1.165, 1.54) is 7.11 Å². The number of carbonyl (C=O) groups excluding carboxylic acids is 1. The first-order valence-electron chi connectivity index (χ1n) is 5.26. The van der Waals surface area contributed by atoms with Crippen molar-refractivity contribution >= 4 is 5.91 Å². The zero-order chi connectivity index (χ0) is 11.8. The van der Waals surface area contributed by atoms with Crippen molar-refractivity contribution < 1.29 is 14.4 Å². The van der Waals surface area contributed by atoms with Gasteiger partial charge in [-0.2, -0.15) is 0 Å². The Kier molecular flexibility index (Phi) is 5.53. The molecular weight excluding hydrogens is 206 g/mol. The SMILES string of the molecule is CC[C@H](OC)C(=O)NOCc1ccccc1. The quantitative estimate of drug-likeness (QED) is 0.746. The van der Waals surface area contributed by atoms with Crippen LogP contribution in [0.4, 0.5) is 0 Å². The number of hydroxylamine groups is 1.